The van der Waals surface area contributed by atoms with Crippen molar-refractivity contribution in [2.75, 3.05) is 6.61 Å². The largest absolute Gasteiger partial charge is 0.489 e. The van der Waals surface area contributed by atoms with Crippen LogP contribution in [0.3, 0.4) is 0 Å². The van der Waals surface area contributed by atoms with Crippen molar-refractivity contribution in [3.8, 4) is 11.5 Å². The molecule has 4 nitrogen and oxygen atoms in total. The molecule has 4 rings (SSSR count). The summed E-state index contributed by atoms with van der Waals surface area (Å²) in [5, 5.41) is 12.0. The second-order valence-corrected chi connectivity index (χ2v) is 8.00. The summed E-state index contributed by atoms with van der Waals surface area (Å²) in [5.41, 5.74) is 4.11. The zero-order chi connectivity index (χ0) is 22.5. The average molecular weight is 427 g/mol. The topological polar surface area (TPSA) is 55.8 Å². The molecule has 3 aromatic rings. The van der Waals surface area contributed by atoms with Gasteiger partial charge in [0.05, 0.1) is 5.56 Å². The molecule has 0 aromatic heterocycles. The number of aryl methyl sites for hydroxylation is 2. The van der Waals surface area contributed by atoms with Gasteiger partial charge in [0.25, 0.3) is 0 Å². The van der Waals surface area contributed by atoms with Gasteiger partial charge < -0.3 is 14.6 Å². The molecule has 0 radical (unpaired) electrons. The molecule has 4 heteroatoms. The lowest BCUT2D eigenvalue weighted by molar-refractivity contribution is 0.0693. The molecule has 0 saturated heterocycles. The van der Waals surface area contributed by atoms with Crippen LogP contribution in [0.1, 0.15) is 33.5 Å². The molecule has 1 aliphatic carbocycles. The minimum Gasteiger partial charge on any atom is -0.489 e. The molecule has 0 unspecified atom stereocenters. The quantitative estimate of drug-likeness (QED) is 0.602. The van der Waals surface area contributed by atoms with Crippen molar-refractivity contribution in [1.82, 2.24) is 0 Å². The predicted molar refractivity (Wildman–Crippen MR) is 126 cm³/mol. The van der Waals surface area contributed by atoms with E-state index in [0.29, 0.717) is 29.2 Å². The highest BCUT2D eigenvalue weighted by molar-refractivity contribution is 5.91. The standard InChI is InChI=1S/C28H26O4/c1-19-9-12-22-13-10-21(11-14-23(22)15-19)17-31-25-7-4-8-26(16-25)32-18-24-6-3-5-20(2)27(24)28(29)30/h3-10,12-16H,11,17-18H2,1-2H3,(H,29,30). The summed E-state index contributed by atoms with van der Waals surface area (Å²) in [5.74, 6) is 0.404. The molecule has 0 bridgehead atoms. The van der Waals surface area contributed by atoms with Gasteiger partial charge in [-0.15, -0.1) is 0 Å². The van der Waals surface area contributed by atoms with Crippen LogP contribution in [-0.4, -0.2) is 17.7 Å². The van der Waals surface area contributed by atoms with Crippen molar-refractivity contribution in [3.05, 3.63) is 105 Å². The molecule has 0 aliphatic heterocycles. The number of allylic oxidation sites excluding steroid dienone is 1. The minimum atomic E-state index is -0.943. The molecule has 1 N–H and O–H groups in total. The van der Waals surface area contributed by atoms with Gasteiger partial charge in [-0.3, -0.25) is 0 Å². The lowest BCUT2D eigenvalue weighted by Crippen LogP contribution is -2.23. The number of benzene rings is 3. The summed E-state index contributed by atoms with van der Waals surface area (Å²) in [6.45, 7) is 4.56. The van der Waals surface area contributed by atoms with E-state index in [1.165, 1.54) is 21.6 Å². The summed E-state index contributed by atoms with van der Waals surface area (Å²) in [7, 11) is 0. The van der Waals surface area contributed by atoms with E-state index < -0.39 is 5.97 Å². The molecule has 1 aliphatic rings. The maximum atomic E-state index is 11.6. The summed E-state index contributed by atoms with van der Waals surface area (Å²) >= 11 is 0. The number of carboxylic acids is 1. The van der Waals surface area contributed by atoms with Crippen LogP contribution in [0.25, 0.3) is 12.2 Å². The third kappa shape index (κ3) is 5.09. The van der Waals surface area contributed by atoms with Gasteiger partial charge in [0.2, 0.25) is 0 Å². The number of aromatic carboxylic acids is 1. The first-order valence-electron chi connectivity index (χ1n) is 10.6. The van der Waals surface area contributed by atoms with E-state index in [4.69, 9.17) is 9.47 Å². The Balaban J connectivity index is 1.41. The smallest absolute Gasteiger partial charge is 0.336 e. The van der Waals surface area contributed by atoms with Crippen molar-refractivity contribution < 1.29 is 19.4 Å². The van der Waals surface area contributed by atoms with Gasteiger partial charge in [-0.05, 0) is 54.0 Å². The van der Waals surface area contributed by atoms with Gasteiger partial charge in [0.15, 0.2) is 0 Å². The number of hydrogen-bond acceptors (Lipinski definition) is 3. The van der Waals surface area contributed by atoms with Gasteiger partial charge in [-0.25, -0.2) is 4.79 Å². The van der Waals surface area contributed by atoms with Crippen LogP contribution in [0.4, 0.5) is 0 Å². The second kappa shape index (κ2) is 9.56. The van der Waals surface area contributed by atoms with E-state index in [1.54, 1.807) is 19.1 Å². The van der Waals surface area contributed by atoms with Crippen molar-refractivity contribution in [3.63, 3.8) is 0 Å². The zero-order valence-corrected chi connectivity index (χ0v) is 18.3. The van der Waals surface area contributed by atoms with E-state index in [2.05, 4.69) is 43.4 Å². The van der Waals surface area contributed by atoms with Crippen LogP contribution >= 0.6 is 0 Å². The third-order valence-corrected chi connectivity index (χ3v) is 5.52. The lowest BCUT2D eigenvalue weighted by Gasteiger charge is -2.12. The summed E-state index contributed by atoms with van der Waals surface area (Å²) in [4.78, 5) is 11.6. The number of ether oxygens (including phenoxy) is 2. The maximum Gasteiger partial charge on any atom is 0.336 e. The predicted octanol–water partition coefficient (Wildman–Crippen LogP) is 4.55. The number of hydrogen-bond donors (Lipinski definition) is 1. The first-order chi connectivity index (χ1) is 15.5. The van der Waals surface area contributed by atoms with Gasteiger partial charge >= 0.3 is 5.97 Å². The van der Waals surface area contributed by atoms with Gasteiger partial charge in [-0.2, -0.15) is 0 Å². The second-order valence-electron chi connectivity index (χ2n) is 8.00. The van der Waals surface area contributed by atoms with Gasteiger partial charge in [0, 0.05) is 11.6 Å². The Morgan fingerprint density at radius 1 is 0.875 bits per heavy atom. The fourth-order valence-corrected chi connectivity index (χ4v) is 3.79. The Labute approximate surface area is 187 Å². The molecular formula is C28H26O4. The summed E-state index contributed by atoms with van der Waals surface area (Å²) in [6.07, 6.45) is 7.35. The fraction of sp³-hybridized carbons (Fsp3) is 0.179. The van der Waals surface area contributed by atoms with Gasteiger partial charge in [0.1, 0.15) is 24.7 Å². The Morgan fingerprint density at radius 2 is 1.62 bits per heavy atom. The van der Waals surface area contributed by atoms with Crippen molar-refractivity contribution in [1.29, 1.82) is 0 Å². The SMILES string of the molecule is Cc1ccc2c(c1)=CCC(COc1cccc(OCc3cccc(C)c3C(=O)O)c1)=CC=2. The molecule has 0 atom stereocenters. The molecule has 32 heavy (non-hydrogen) atoms. The Bertz CT molecular complexity index is 1300. The Morgan fingerprint density at radius 3 is 2.41 bits per heavy atom. The van der Waals surface area contributed by atoms with Crippen LogP contribution in [0.15, 0.2) is 72.3 Å². The van der Waals surface area contributed by atoms with E-state index >= 15 is 0 Å². The first kappa shape index (κ1) is 21.4. The molecule has 0 fully saturated rings. The van der Waals surface area contributed by atoms with Crippen molar-refractivity contribution in [2.45, 2.75) is 26.9 Å². The lowest BCUT2D eigenvalue weighted by atomic mass is 10.0. The number of rotatable bonds is 7. The fourth-order valence-electron chi connectivity index (χ4n) is 3.79. The normalized spacial score (nSPS) is 12.5. The van der Waals surface area contributed by atoms with Crippen LogP contribution < -0.4 is 19.9 Å². The number of carbonyl (C=O) groups is 1. The van der Waals surface area contributed by atoms with Crippen molar-refractivity contribution >= 4 is 18.1 Å². The number of carboxylic acid groups (broad SMARTS) is 1. The minimum absolute atomic E-state index is 0.180. The van der Waals surface area contributed by atoms with Gasteiger partial charge in [-0.1, -0.05) is 66.3 Å². The van der Waals surface area contributed by atoms with Crippen LogP contribution in [-0.2, 0) is 6.61 Å². The van der Waals surface area contributed by atoms with Crippen molar-refractivity contribution in [2.24, 2.45) is 0 Å². The summed E-state index contributed by atoms with van der Waals surface area (Å²) < 4.78 is 11.9. The third-order valence-electron chi connectivity index (χ3n) is 5.52. The first-order valence-corrected chi connectivity index (χ1v) is 10.6. The highest BCUT2D eigenvalue weighted by Crippen LogP contribution is 2.23. The van der Waals surface area contributed by atoms with E-state index in [-0.39, 0.29) is 6.61 Å². The number of fused-ring (bicyclic) bond motifs is 1. The molecule has 3 aromatic carbocycles. The zero-order valence-electron chi connectivity index (χ0n) is 18.3. The molecule has 0 spiro atoms. The molecule has 0 saturated carbocycles. The van der Waals surface area contributed by atoms with E-state index in [0.717, 1.165) is 12.0 Å². The highest BCUT2D eigenvalue weighted by Gasteiger charge is 2.13. The summed E-state index contributed by atoms with van der Waals surface area (Å²) in [6, 6.07) is 19.3. The van der Waals surface area contributed by atoms with Crippen LogP contribution in [0.5, 0.6) is 11.5 Å². The maximum absolute atomic E-state index is 11.6. The Hall–Kier alpha value is -3.79. The van der Waals surface area contributed by atoms with Crippen LogP contribution in [0, 0.1) is 13.8 Å². The molecule has 0 heterocycles. The molecule has 0 amide bonds. The monoisotopic (exact) mass is 426 g/mol. The highest BCUT2D eigenvalue weighted by atomic mass is 16.5. The van der Waals surface area contributed by atoms with E-state index in [9.17, 15) is 9.90 Å². The van der Waals surface area contributed by atoms with Crippen LogP contribution in [0.2, 0.25) is 0 Å². The Kier molecular flexibility index (Phi) is 6.41. The molecule has 162 valence electrons. The van der Waals surface area contributed by atoms with E-state index in [1.807, 2.05) is 30.3 Å². The molecular weight excluding hydrogens is 400 g/mol. The average Bonchev–Trinajstić information content (AvgIpc) is 2.98.